The second-order valence-electron chi connectivity index (χ2n) is 7.30. The van der Waals surface area contributed by atoms with Crippen molar-refractivity contribution in [3.8, 4) is 5.75 Å². The molecular formula is C22H32N2O3. The van der Waals surface area contributed by atoms with Crippen LogP contribution in [0.2, 0.25) is 0 Å². The van der Waals surface area contributed by atoms with E-state index in [1.54, 1.807) is 24.3 Å². The van der Waals surface area contributed by atoms with Crippen LogP contribution in [0.1, 0.15) is 63.2 Å². The first kappa shape index (κ1) is 21.0. The molecule has 2 rings (SSSR count). The largest absolute Gasteiger partial charge is 0.494 e. The minimum absolute atomic E-state index is 0.00513. The summed E-state index contributed by atoms with van der Waals surface area (Å²) in [4.78, 5) is 25.1. The van der Waals surface area contributed by atoms with Gasteiger partial charge in [0.25, 0.3) is 5.91 Å². The van der Waals surface area contributed by atoms with E-state index in [0.29, 0.717) is 18.7 Å². The number of hydrogen-bond acceptors (Lipinski definition) is 3. The summed E-state index contributed by atoms with van der Waals surface area (Å²) in [7, 11) is 0. The number of nitrogens with one attached hydrogen (secondary N) is 2. The molecule has 0 saturated carbocycles. The third kappa shape index (κ3) is 6.74. The van der Waals surface area contributed by atoms with Gasteiger partial charge in [0.15, 0.2) is 0 Å². The van der Waals surface area contributed by atoms with Crippen LogP contribution in [0.4, 0.5) is 0 Å². The van der Waals surface area contributed by atoms with Crippen molar-refractivity contribution < 1.29 is 14.3 Å². The molecular weight excluding hydrogens is 340 g/mol. The summed E-state index contributed by atoms with van der Waals surface area (Å²) in [6.45, 7) is 6.99. The fourth-order valence-electron chi connectivity index (χ4n) is 3.22. The molecule has 0 bridgehead atoms. The van der Waals surface area contributed by atoms with Crippen LogP contribution in [0.3, 0.4) is 0 Å². The molecule has 5 heteroatoms. The normalized spacial score (nSPS) is 15.0. The molecule has 0 spiro atoms. The van der Waals surface area contributed by atoms with Crippen molar-refractivity contribution in [2.45, 2.75) is 58.9 Å². The van der Waals surface area contributed by atoms with E-state index >= 15 is 0 Å². The number of carbonyl (C=O) groups is 2. The van der Waals surface area contributed by atoms with Gasteiger partial charge in [-0.1, -0.05) is 25.5 Å². The molecule has 1 aliphatic rings. The van der Waals surface area contributed by atoms with Gasteiger partial charge >= 0.3 is 0 Å². The average Bonchev–Trinajstić information content (AvgIpc) is 2.67. The van der Waals surface area contributed by atoms with Crippen LogP contribution in [-0.2, 0) is 4.79 Å². The molecule has 1 aromatic carbocycles. The van der Waals surface area contributed by atoms with E-state index in [2.05, 4.69) is 16.7 Å². The van der Waals surface area contributed by atoms with Gasteiger partial charge in [0, 0.05) is 12.1 Å². The lowest BCUT2D eigenvalue weighted by Gasteiger charge is -2.22. The number of ether oxygens (including phenoxy) is 1. The third-order valence-corrected chi connectivity index (χ3v) is 4.79. The Morgan fingerprint density at radius 3 is 2.48 bits per heavy atom. The van der Waals surface area contributed by atoms with Gasteiger partial charge in [-0.25, -0.2) is 0 Å². The molecule has 0 aliphatic heterocycles. The highest BCUT2D eigenvalue weighted by Crippen LogP contribution is 2.19. The van der Waals surface area contributed by atoms with E-state index < -0.39 is 6.04 Å². The van der Waals surface area contributed by atoms with Crippen molar-refractivity contribution in [2.24, 2.45) is 5.92 Å². The molecule has 27 heavy (non-hydrogen) atoms. The molecule has 0 saturated heterocycles. The summed E-state index contributed by atoms with van der Waals surface area (Å²) in [6.07, 6.45) is 7.98. The Balaban J connectivity index is 1.88. The first-order valence-corrected chi connectivity index (χ1v) is 10.0. The van der Waals surface area contributed by atoms with E-state index in [-0.39, 0.29) is 17.7 Å². The van der Waals surface area contributed by atoms with E-state index in [1.807, 2.05) is 20.8 Å². The van der Waals surface area contributed by atoms with Crippen molar-refractivity contribution in [1.82, 2.24) is 10.6 Å². The van der Waals surface area contributed by atoms with Gasteiger partial charge < -0.3 is 15.4 Å². The van der Waals surface area contributed by atoms with Gasteiger partial charge in [0.05, 0.1) is 6.61 Å². The Kier molecular flexibility index (Phi) is 8.37. The highest BCUT2D eigenvalue weighted by atomic mass is 16.5. The minimum atomic E-state index is -0.551. The highest BCUT2D eigenvalue weighted by molar-refractivity contribution is 5.97. The number of hydrogen-bond donors (Lipinski definition) is 2. The molecule has 0 radical (unpaired) electrons. The predicted octanol–water partition coefficient (Wildman–Crippen LogP) is 3.85. The molecule has 1 aliphatic carbocycles. The maximum absolute atomic E-state index is 12.6. The Labute approximate surface area is 162 Å². The SMILES string of the molecule is CCOc1ccc(C(=O)NC(C(=O)NCCC2=CCCCC2)C(C)C)cc1. The summed E-state index contributed by atoms with van der Waals surface area (Å²) in [5.74, 6) is 0.359. The number of rotatable bonds is 9. The van der Waals surface area contributed by atoms with E-state index in [9.17, 15) is 9.59 Å². The van der Waals surface area contributed by atoms with Crippen LogP contribution in [0.5, 0.6) is 5.75 Å². The van der Waals surface area contributed by atoms with Crippen molar-refractivity contribution in [1.29, 1.82) is 0 Å². The van der Waals surface area contributed by atoms with Crippen LogP contribution in [0.15, 0.2) is 35.9 Å². The third-order valence-electron chi connectivity index (χ3n) is 4.79. The van der Waals surface area contributed by atoms with Gasteiger partial charge in [-0.2, -0.15) is 0 Å². The molecule has 2 amide bonds. The number of amides is 2. The van der Waals surface area contributed by atoms with Crippen molar-refractivity contribution in [2.75, 3.05) is 13.2 Å². The van der Waals surface area contributed by atoms with Crippen LogP contribution in [0, 0.1) is 5.92 Å². The van der Waals surface area contributed by atoms with Crippen molar-refractivity contribution >= 4 is 11.8 Å². The quantitative estimate of drug-likeness (QED) is 0.647. The lowest BCUT2D eigenvalue weighted by atomic mass is 9.97. The number of carbonyl (C=O) groups excluding carboxylic acids is 2. The first-order chi connectivity index (χ1) is 13.0. The fraction of sp³-hybridized carbons (Fsp3) is 0.545. The maximum Gasteiger partial charge on any atom is 0.251 e. The number of allylic oxidation sites excluding steroid dienone is 1. The van der Waals surface area contributed by atoms with Gasteiger partial charge in [-0.15, -0.1) is 0 Å². The molecule has 2 N–H and O–H groups in total. The summed E-state index contributed by atoms with van der Waals surface area (Å²) in [5, 5.41) is 5.85. The van der Waals surface area contributed by atoms with Gasteiger partial charge in [-0.05, 0) is 69.2 Å². The molecule has 0 aromatic heterocycles. The predicted molar refractivity (Wildman–Crippen MR) is 108 cm³/mol. The fourth-order valence-corrected chi connectivity index (χ4v) is 3.22. The van der Waals surface area contributed by atoms with Crippen molar-refractivity contribution in [3.63, 3.8) is 0 Å². The molecule has 0 fully saturated rings. The maximum atomic E-state index is 12.6. The first-order valence-electron chi connectivity index (χ1n) is 10.0. The van der Waals surface area contributed by atoms with E-state index in [4.69, 9.17) is 4.74 Å². The van der Waals surface area contributed by atoms with Crippen molar-refractivity contribution in [3.05, 3.63) is 41.5 Å². The lowest BCUT2D eigenvalue weighted by molar-refractivity contribution is -0.123. The molecule has 148 valence electrons. The topological polar surface area (TPSA) is 67.4 Å². The van der Waals surface area contributed by atoms with E-state index in [0.717, 1.165) is 25.0 Å². The zero-order valence-electron chi connectivity index (χ0n) is 16.7. The van der Waals surface area contributed by atoms with E-state index in [1.165, 1.54) is 18.4 Å². The molecule has 1 aromatic rings. The monoisotopic (exact) mass is 372 g/mol. The standard InChI is InChI=1S/C22H32N2O3/c1-4-27-19-12-10-18(11-13-19)21(25)24-20(16(2)3)22(26)23-15-14-17-8-6-5-7-9-17/h8,10-13,16,20H,4-7,9,14-15H2,1-3H3,(H,23,26)(H,24,25). The summed E-state index contributed by atoms with van der Waals surface area (Å²) < 4.78 is 5.39. The second kappa shape index (κ2) is 10.8. The summed E-state index contributed by atoms with van der Waals surface area (Å²) in [5.41, 5.74) is 1.95. The zero-order chi connectivity index (χ0) is 19.6. The molecule has 1 unspecified atom stereocenters. The minimum Gasteiger partial charge on any atom is -0.494 e. The Hall–Kier alpha value is -2.30. The van der Waals surface area contributed by atoms with Crippen LogP contribution >= 0.6 is 0 Å². The smallest absolute Gasteiger partial charge is 0.251 e. The molecule has 5 nitrogen and oxygen atoms in total. The lowest BCUT2D eigenvalue weighted by Crippen LogP contribution is -2.49. The highest BCUT2D eigenvalue weighted by Gasteiger charge is 2.24. The molecule has 0 heterocycles. The van der Waals surface area contributed by atoms with Gasteiger partial charge in [-0.3, -0.25) is 9.59 Å². The van der Waals surface area contributed by atoms with Gasteiger partial charge in [0.2, 0.25) is 5.91 Å². The zero-order valence-corrected chi connectivity index (χ0v) is 16.7. The Bertz CT molecular complexity index is 650. The Morgan fingerprint density at radius 1 is 1.15 bits per heavy atom. The number of benzene rings is 1. The van der Waals surface area contributed by atoms with Crippen LogP contribution in [0.25, 0.3) is 0 Å². The van der Waals surface area contributed by atoms with Gasteiger partial charge in [0.1, 0.15) is 11.8 Å². The van der Waals surface area contributed by atoms with Crippen LogP contribution in [-0.4, -0.2) is 31.0 Å². The summed E-state index contributed by atoms with van der Waals surface area (Å²) >= 11 is 0. The Morgan fingerprint density at radius 2 is 1.89 bits per heavy atom. The molecule has 1 atom stereocenters. The average molecular weight is 373 g/mol. The summed E-state index contributed by atoms with van der Waals surface area (Å²) in [6, 6.07) is 6.40. The second-order valence-corrected chi connectivity index (χ2v) is 7.30. The van der Waals surface area contributed by atoms with Crippen LogP contribution < -0.4 is 15.4 Å².